The molecule has 1 aromatic heterocycles. The number of hydrogen-bond donors (Lipinski definition) is 1. The first-order valence-corrected chi connectivity index (χ1v) is 10.9. The van der Waals surface area contributed by atoms with Gasteiger partial charge in [0.1, 0.15) is 0 Å². The van der Waals surface area contributed by atoms with Gasteiger partial charge < -0.3 is 15.1 Å². The minimum Gasteiger partial charge on any atom is -0.348 e. The van der Waals surface area contributed by atoms with E-state index in [0.717, 1.165) is 34.7 Å². The second-order valence-corrected chi connectivity index (χ2v) is 8.60. The molecule has 0 spiro atoms. The van der Waals surface area contributed by atoms with Gasteiger partial charge in [-0.25, -0.2) is 0 Å². The summed E-state index contributed by atoms with van der Waals surface area (Å²) in [5.74, 6) is -0.416. The Morgan fingerprint density at radius 1 is 1.31 bits per heavy atom. The van der Waals surface area contributed by atoms with E-state index < -0.39 is 0 Å². The number of nitrogens with one attached hydrogen (secondary N) is 1. The SMILES string of the molecule is CCC(NC(=O)C1CC(=O)N(c2ccc3c(c2)CCN3C(C)=O)C1)c1cccs1. The quantitative estimate of drug-likeness (QED) is 0.821. The summed E-state index contributed by atoms with van der Waals surface area (Å²) in [5.41, 5.74) is 2.80. The second kappa shape index (κ2) is 7.99. The van der Waals surface area contributed by atoms with Gasteiger partial charge in [0.2, 0.25) is 17.7 Å². The maximum atomic E-state index is 12.8. The highest BCUT2D eigenvalue weighted by Gasteiger charge is 2.36. The lowest BCUT2D eigenvalue weighted by atomic mass is 10.1. The Bertz CT molecular complexity index is 941. The lowest BCUT2D eigenvalue weighted by molar-refractivity contribution is -0.127. The lowest BCUT2D eigenvalue weighted by Crippen LogP contribution is -2.35. The lowest BCUT2D eigenvalue weighted by Gasteiger charge is -2.20. The number of amides is 3. The molecule has 1 aromatic carbocycles. The van der Waals surface area contributed by atoms with Crippen molar-refractivity contribution in [1.29, 1.82) is 0 Å². The van der Waals surface area contributed by atoms with Gasteiger partial charge in [-0.2, -0.15) is 0 Å². The molecule has 1 fully saturated rings. The molecular weight excluding hydrogens is 386 g/mol. The number of carbonyl (C=O) groups is 3. The van der Waals surface area contributed by atoms with Gasteiger partial charge in [-0.05, 0) is 48.1 Å². The molecule has 0 bridgehead atoms. The number of hydrogen-bond acceptors (Lipinski definition) is 4. The van der Waals surface area contributed by atoms with Crippen LogP contribution in [0.25, 0.3) is 0 Å². The van der Waals surface area contributed by atoms with Crippen molar-refractivity contribution in [1.82, 2.24) is 5.32 Å². The van der Waals surface area contributed by atoms with E-state index in [1.807, 2.05) is 42.6 Å². The molecule has 7 heteroatoms. The van der Waals surface area contributed by atoms with Gasteiger partial charge in [0.15, 0.2) is 0 Å². The Hall–Kier alpha value is -2.67. The van der Waals surface area contributed by atoms with Gasteiger partial charge in [0, 0.05) is 42.7 Å². The first-order chi connectivity index (χ1) is 14.0. The molecule has 2 aliphatic rings. The number of fused-ring (bicyclic) bond motifs is 1. The first kappa shape index (κ1) is 19.6. The van der Waals surface area contributed by atoms with Crippen molar-refractivity contribution in [3.05, 3.63) is 46.2 Å². The molecule has 152 valence electrons. The first-order valence-electron chi connectivity index (χ1n) is 10.0. The largest absolute Gasteiger partial charge is 0.348 e. The summed E-state index contributed by atoms with van der Waals surface area (Å²) in [7, 11) is 0. The Labute approximate surface area is 174 Å². The number of nitrogens with zero attached hydrogens (tertiary/aromatic N) is 2. The molecule has 3 heterocycles. The van der Waals surface area contributed by atoms with Crippen molar-refractivity contribution in [2.75, 3.05) is 22.9 Å². The summed E-state index contributed by atoms with van der Waals surface area (Å²) < 4.78 is 0. The van der Waals surface area contributed by atoms with Gasteiger partial charge in [0.25, 0.3) is 0 Å². The third-order valence-electron chi connectivity index (χ3n) is 5.76. The number of benzene rings is 1. The zero-order valence-corrected chi connectivity index (χ0v) is 17.5. The fourth-order valence-corrected chi connectivity index (χ4v) is 5.03. The van der Waals surface area contributed by atoms with Gasteiger partial charge in [0.05, 0.1) is 12.0 Å². The van der Waals surface area contributed by atoms with Gasteiger partial charge in [-0.3, -0.25) is 14.4 Å². The average Bonchev–Trinajstić information content (AvgIpc) is 3.44. The molecule has 29 heavy (non-hydrogen) atoms. The van der Waals surface area contributed by atoms with Gasteiger partial charge in [-0.15, -0.1) is 11.3 Å². The maximum absolute atomic E-state index is 12.8. The Balaban J connectivity index is 1.46. The summed E-state index contributed by atoms with van der Waals surface area (Å²) in [5, 5.41) is 5.12. The van der Waals surface area contributed by atoms with E-state index in [0.29, 0.717) is 13.1 Å². The minimum absolute atomic E-state index is 0.00999. The summed E-state index contributed by atoms with van der Waals surface area (Å²) in [6, 6.07) is 9.76. The highest BCUT2D eigenvalue weighted by atomic mass is 32.1. The summed E-state index contributed by atoms with van der Waals surface area (Å²) >= 11 is 1.63. The van der Waals surface area contributed by atoms with Crippen molar-refractivity contribution in [2.24, 2.45) is 5.92 Å². The fraction of sp³-hybridized carbons (Fsp3) is 0.409. The molecule has 0 aliphatic carbocycles. The standard InChI is InChI=1S/C22H25N3O3S/c1-3-18(20-5-4-10-29-20)23-22(28)16-12-21(27)25(13-16)17-6-7-19-15(11-17)8-9-24(19)14(2)26/h4-7,10-11,16,18H,3,8-9,12-13H2,1-2H3,(H,23,28). The highest BCUT2D eigenvalue weighted by Crippen LogP contribution is 2.34. The molecule has 4 rings (SSSR count). The van der Waals surface area contributed by atoms with Crippen LogP contribution in [0.2, 0.25) is 0 Å². The van der Waals surface area contributed by atoms with E-state index in [1.54, 1.807) is 28.1 Å². The summed E-state index contributed by atoms with van der Waals surface area (Å²) in [6.45, 7) is 4.68. The van der Waals surface area contributed by atoms with E-state index >= 15 is 0 Å². The van der Waals surface area contributed by atoms with Crippen molar-refractivity contribution in [3.8, 4) is 0 Å². The van der Waals surface area contributed by atoms with Crippen LogP contribution < -0.4 is 15.1 Å². The molecule has 2 aliphatic heterocycles. The molecule has 1 N–H and O–H groups in total. The summed E-state index contributed by atoms with van der Waals surface area (Å²) in [6.07, 6.45) is 1.82. The molecule has 2 aromatic rings. The van der Waals surface area contributed by atoms with Crippen LogP contribution in [0, 0.1) is 5.92 Å². The number of anilines is 2. The molecule has 6 nitrogen and oxygen atoms in total. The average molecular weight is 412 g/mol. The van der Waals surface area contributed by atoms with Crippen molar-refractivity contribution in [3.63, 3.8) is 0 Å². The Morgan fingerprint density at radius 2 is 2.14 bits per heavy atom. The normalized spacial score (nSPS) is 19.4. The van der Waals surface area contributed by atoms with Crippen molar-refractivity contribution < 1.29 is 14.4 Å². The predicted molar refractivity (Wildman–Crippen MR) is 114 cm³/mol. The van der Waals surface area contributed by atoms with E-state index in [2.05, 4.69) is 5.32 Å². The van der Waals surface area contributed by atoms with Crippen molar-refractivity contribution in [2.45, 2.75) is 39.2 Å². The number of thiophene rings is 1. The zero-order valence-electron chi connectivity index (χ0n) is 16.7. The third kappa shape index (κ3) is 3.79. The monoisotopic (exact) mass is 411 g/mol. The topological polar surface area (TPSA) is 69.7 Å². The maximum Gasteiger partial charge on any atom is 0.227 e. The number of carbonyl (C=O) groups excluding carboxylic acids is 3. The van der Waals surface area contributed by atoms with Gasteiger partial charge in [-0.1, -0.05) is 13.0 Å². The Kier molecular flexibility index (Phi) is 5.41. The molecule has 0 saturated carbocycles. The fourth-order valence-electron chi connectivity index (χ4n) is 4.17. The summed E-state index contributed by atoms with van der Waals surface area (Å²) in [4.78, 5) is 41.8. The van der Waals surface area contributed by atoms with Crippen LogP contribution >= 0.6 is 11.3 Å². The zero-order chi connectivity index (χ0) is 20.5. The van der Waals surface area contributed by atoms with Crippen LogP contribution in [0.15, 0.2) is 35.7 Å². The van der Waals surface area contributed by atoms with Gasteiger partial charge >= 0.3 is 0 Å². The van der Waals surface area contributed by atoms with Crippen molar-refractivity contribution >= 4 is 40.4 Å². The predicted octanol–water partition coefficient (Wildman–Crippen LogP) is 3.28. The molecule has 2 atom stereocenters. The highest BCUT2D eigenvalue weighted by molar-refractivity contribution is 7.10. The second-order valence-electron chi connectivity index (χ2n) is 7.62. The van der Waals surface area contributed by atoms with Crippen LogP contribution in [-0.4, -0.2) is 30.8 Å². The molecule has 3 amide bonds. The third-order valence-corrected chi connectivity index (χ3v) is 6.74. The van der Waals surface area contributed by atoms with Crippen LogP contribution in [0.5, 0.6) is 0 Å². The van der Waals surface area contributed by atoms with E-state index in [9.17, 15) is 14.4 Å². The minimum atomic E-state index is -0.349. The van der Waals surface area contributed by atoms with E-state index in [1.165, 1.54) is 0 Å². The Morgan fingerprint density at radius 3 is 2.83 bits per heavy atom. The number of rotatable bonds is 5. The van der Waals surface area contributed by atoms with E-state index in [4.69, 9.17) is 0 Å². The van der Waals surface area contributed by atoms with Crippen LogP contribution in [0.1, 0.15) is 43.2 Å². The molecular formula is C22H25N3O3S. The smallest absolute Gasteiger partial charge is 0.227 e. The van der Waals surface area contributed by atoms with Crippen LogP contribution in [0.4, 0.5) is 11.4 Å². The van der Waals surface area contributed by atoms with Crippen LogP contribution in [0.3, 0.4) is 0 Å². The molecule has 0 radical (unpaired) electrons. The van der Waals surface area contributed by atoms with Crippen LogP contribution in [-0.2, 0) is 20.8 Å². The van der Waals surface area contributed by atoms with E-state index in [-0.39, 0.29) is 36.1 Å². The molecule has 2 unspecified atom stereocenters. The molecule has 1 saturated heterocycles.